The van der Waals surface area contributed by atoms with Crippen LogP contribution in [-0.2, 0) is 20.1 Å². The maximum Gasteiger partial charge on any atom is 0.204 e. The molecule has 22 heavy (non-hydrogen) atoms. The Balaban J connectivity index is 1.51. The van der Waals surface area contributed by atoms with Crippen molar-refractivity contribution < 1.29 is 0 Å². The summed E-state index contributed by atoms with van der Waals surface area (Å²) >= 11 is 12.1. The Morgan fingerprint density at radius 3 is 2.73 bits per heavy atom. The molecule has 0 spiro atoms. The summed E-state index contributed by atoms with van der Waals surface area (Å²) in [5.41, 5.74) is 2.30. The van der Waals surface area contributed by atoms with Gasteiger partial charge in [0.05, 0.1) is 5.69 Å². The van der Waals surface area contributed by atoms with Gasteiger partial charge in [-0.1, -0.05) is 41.9 Å². The normalized spacial score (nSPS) is 19.0. The Labute approximate surface area is 141 Å². The molecule has 2 heterocycles. The molecule has 0 amide bonds. The van der Waals surface area contributed by atoms with Crippen molar-refractivity contribution in [1.82, 2.24) is 19.8 Å². The first kappa shape index (κ1) is 15.8. The highest BCUT2D eigenvalue weighted by Crippen LogP contribution is 2.20. The molecule has 2 aromatic rings. The molecule has 118 valence electrons. The van der Waals surface area contributed by atoms with E-state index in [4.69, 9.17) is 23.2 Å². The van der Waals surface area contributed by atoms with Crippen LogP contribution in [0.2, 0.25) is 10.4 Å². The zero-order valence-corrected chi connectivity index (χ0v) is 14.1. The summed E-state index contributed by atoms with van der Waals surface area (Å²) < 4.78 is 1.83. The summed E-state index contributed by atoms with van der Waals surface area (Å²) in [4.78, 5) is 6.55. The molecule has 4 nitrogen and oxygen atoms in total. The number of imidazole rings is 1. The van der Waals surface area contributed by atoms with Crippen LogP contribution in [0.4, 0.5) is 0 Å². The molecule has 1 aliphatic heterocycles. The molecule has 1 fully saturated rings. The number of hydrogen-bond donors (Lipinski definition) is 1. The highest BCUT2D eigenvalue weighted by atomic mass is 35.5. The lowest BCUT2D eigenvalue weighted by Crippen LogP contribution is -2.32. The number of nitrogens with zero attached hydrogens (tertiary/aromatic N) is 3. The summed E-state index contributed by atoms with van der Waals surface area (Å²) in [5.74, 6) is 0. The molecule has 0 bridgehead atoms. The minimum Gasteiger partial charge on any atom is -0.319 e. The van der Waals surface area contributed by atoms with Gasteiger partial charge in [-0.2, -0.15) is 0 Å². The average Bonchev–Trinajstić information content (AvgIpc) is 3.04. The standard InChI is InChI=1S/C16H20Cl2N4/c1-21-14(15(17)20-16(21)18)9-19-13-7-8-22(11-13)10-12-5-3-2-4-6-12/h2-6,13,19H,7-11H2,1H3. The van der Waals surface area contributed by atoms with E-state index in [9.17, 15) is 0 Å². The van der Waals surface area contributed by atoms with Crippen molar-refractivity contribution in [2.45, 2.75) is 25.6 Å². The van der Waals surface area contributed by atoms with Gasteiger partial charge in [-0.15, -0.1) is 0 Å². The Hall–Kier alpha value is -1.07. The Morgan fingerprint density at radius 1 is 1.27 bits per heavy atom. The van der Waals surface area contributed by atoms with E-state index >= 15 is 0 Å². The molecule has 0 saturated carbocycles. The number of halogens is 2. The van der Waals surface area contributed by atoms with E-state index in [1.54, 1.807) is 0 Å². The first-order valence-corrected chi connectivity index (χ1v) is 8.25. The quantitative estimate of drug-likeness (QED) is 0.909. The molecule has 0 aliphatic carbocycles. The zero-order chi connectivity index (χ0) is 15.5. The monoisotopic (exact) mass is 338 g/mol. The van der Waals surface area contributed by atoms with Crippen LogP contribution in [0.5, 0.6) is 0 Å². The van der Waals surface area contributed by atoms with Crippen LogP contribution in [0, 0.1) is 0 Å². The Bertz CT molecular complexity index is 627. The fourth-order valence-electron chi connectivity index (χ4n) is 2.89. The van der Waals surface area contributed by atoms with Gasteiger partial charge in [0, 0.05) is 39.3 Å². The fourth-order valence-corrected chi connectivity index (χ4v) is 3.39. The molecular formula is C16H20Cl2N4. The molecule has 1 atom stereocenters. The number of nitrogens with one attached hydrogen (secondary N) is 1. The third kappa shape index (κ3) is 3.63. The van der Waals surface area contributed by atoms with Crippen molar-refractivity contribution in [1.29, 1.82) is 0 Å². The molecule has 1 aromatic carbocycles. The number of aromatic nitrogens is 2. The Kier molecular flexibility index (Phi) is 5.03. The average molecular weight is 339 g/mol. The van der Waals surface area contributed by atoms with Gasteiger partial charge in [0.2, 0.25) is 5.28 Å². The van der Waals surface area contributed by atoms with E-state index in [0.29, 0.717) is 23.0 Å². The van der Waals surface area contributed by atoms with Crippen molar-refractivity contribution >= 4 is 23.2 Å². The summed E-state index contributed by atoms with van der Waals surface area (Å²) in [6, 6.07) is 11.1. The Morgan fingerprint density at radius 2 is 2.05 bits per heavy atom. The summed E-state index contributed by atoms with van der Waals surface area (Å²) in [6.45, 7) is 3.88. The highest BCUT2D eigenvalue weighted by molar-refractivity contribution is 6.32. The van der Waals surface area contributed by atoms with Crippen LogP contribution < -0.4 is 5.32 Å². The van der Waals surface area contributed by atoms with Crippen LogP contribution in [0.25, 0.3) is 0 Å². The van der Waals surface area contributed by atoms with Crippen LogP contribution >= 0.6 is 23.2 Å². The molecule has 0 radical (unpaired) electrons. The lowest BCUT2D eigenvalue weighted by atomic mass is 10.2. The first-order chi connectivity index (χ1) is 10.6. The first-order valence-electron chi connectivity index (χ1n) is 7.49. The smallest absolute Gasteiger partial charge is 0.204 e. The maximum atomic E-state index is 6.10. The van der Waals surface area contributed by atoms with E-state index in [2.05, 4.69) is 45.5 Å². The third-order valence-electron chi connectivity index (χ3n) is 4.19. The second-order valence-electron chi connectivity index (χ2n) is 5.76. The lowest BCUT2D eigenvalue weighted by molar-refractivity contribution is 0.319. The second-order valence-corrected chi connectivity index (χ2v) is 6.46. The molecule has 6 heteroatoms. The zero-order valence-electron chi connectivity index (χ0n) is 12.6. The van der Waals surface area contributed by atoms with Crippen molar-refractivity contribution in [3.63, 3.8) is 0 Å². The molecule has 1 saturated heterocycles. The van der Waals surface area contributed by atoms with Gasteiger partial charge < -0.3 is 9.88 Å². The molecule has 1 aliphatic rings. The number of benzene rings is 1. The van der Waals surface area contributed by atoms with Gasteiger partial charge in [-0.3, -0.25) is 4.90 Å². The SMILES string of the molecule is Cn1c(Cl)nc(Cl)c1CNC1CCN(Cc2ccccc2)C1. The van der Waals surface area contributed by atoms with Crippen LogP contribution in [0.1, 0.15) is 17.7 Å². The summed E-state index contributed by atoms with van der Waals surface area (Å²) in [5, 5.41) is 4.48. The second kappa shape index (κ2) is 7.01. The minimum atomic E-state index is 0.430. The lowest BCUT2D eigenvalue weighted by Gasteiger charge is -2.17. The van der Waals surface area contributed by atoms with Crippen molar-refractivity contribution in [2.75, 3.05) is 13.1 Å². The highest BCUT2D eigenvalue weighted by Gasteiger charge is 2.23. The number of likely N-dealkylation sites (tertiary alicyclic amines) is 1. The van der Waals surface area contributed by atoms with Crippen LogP contribution in [0.3, 0.4) is 0 Å². The minimum absolute atomic E-state index is 0.430. The van der Waals surface area contributed by atoms with Crippen LogP contribution in [-0.4, -0.2) is 33.6 Å². The number of rotatable bonds is 5. The van der Waals surface area contributed by atoms with E-state index in [1.807, 2.05) is 11.6 Å². The molecule has 1 N–H and O–H groups in total. The van der Waals surface area contributed by atoms with Gasteiger partial charge in [0.25, 0.3) is 0 Å². The van der Waals surface area contributed by atoms with E-state index in [1.165, 1.54) is 5.56 Å². The van der Waals surface area contributed by atoms with Crippen molar-refractivity contribution in [3.05, 3.63) is 52.0 Å². The summed E-state index contributed by atoms with van der Waals surface area (Å²) in [7, 11) is 1.88. The van der Waals surface area contributed by atoms with E-state index in [-0.39, 0.29) is 0 Å². The largest absolute Gasteiger partial charge is 0.319 e. The molecule has 1 unspecified atom stereocenters. The van der Waals surface area contributed by atoms with Crippen molar-refractivity contribution in [3.8, 4) is 0 Å². The van der Waals surface area contributed by atoms with Gasteiger partial charge in [-0.25, -0.2) is 4.98 Å². The van der Waals surface area contributed by atoms with Crippen LogP contribution in [0.15, 0.2) is 30.3 Å². The van der Waals surface area contributed by atoms with Crippen molar-refractivity contribution in [2.24, 2.45) is 7.05 Å². The third-order valence-corrected chi connectivity index (χ3v) is 4.83. The molecule has 3 rings (SSSR count). The number of hydrogen-bond acceptors (Lipinski definition) is 3. The molecular weight excluding hydrogens is 319 g/mol. The van der Waals surface area contributed by atoms with Gasteiger partial charge >= 0.3 is 0 Å². The summed E-state index contributed by atoms with van der Waals surface area (Å²) in [6.07, 6.45) is 1.15. The fraction of sp³-hybridized carbons (Fsp3) is 0.438. The predicted molar refractivity (Wildman–Crippen MR) is 90.2 cm³/mol. The topological polar surface area (TPSA) is 33.1 Å². The maximum absolute atomic E-state index is 6.10. The van der Waals surface area contributed by atoms with Gasteiger partial charge in [-0.05, 0) is 23.6 Å². The predicted octanol–water partition coefficient (Wildman–Crippen LogP) is 3.09. The van der Waals surface area contributed by atoms with E-state index < -0.39 is 0 Å². The van der Waals surface area contributed by atoms with Gasteiger partial charge in [0.15, 0.2) is 5.15 Å². The molecule has 1 aromatic heterocycles. The van der Waals surface area contributed by atoms with Gasteiger partial charge in [0.1, 0.15) is 0 Å². The van der Waals surface area contributed by atoms with E-state index in [0.717, 1.165) is 31.7 Å².